The van der Waals surface area contributed by atoms with E-state index in [2.05, 4.69) is 0 Å². The maximum Gasteiger partial charge on any atom is 0.305 e. The summed E-state index contributed by atoms with van der Waals surface area (Å²) >= 11 is 0. The van der Waals surface area contributed by atoms with Crippen LogP contribution >= 0.6 is 0 Å². The van der Waals surface area contributed by atoms with E-state index in [0.717, 1.165) is 12.8 Å². The van der Waals surface area contributed by atoms with Crippen molar-refractivity contribution in [3.8, 4) is 0 Å². The zero-order valence-corrected chi connectivity index (χ0v) is 7.84. The van der Waals surface area contributed by atoms with Gasteiger partial charge in [0.2, 0.25) is 0 Å². The summed E-state index contributed by atoms with van der Waals surface area (Å²) in [5.74, 6) is 0.232. The van der Waals surface area contributed by atoms with Gasteiger partial charge in [0.25, 0.3) is 0 Å². The van der Waals surface area contributed by atoms with Gasteiger partial charge in [-0.2, -0.15) is 8.42 Å². The Balaban J connectivity index is 1.94. The lowest BCUT2D eigenvalue weighted by molar-refractivity contribution is 0.218. The van der Waals surface area contributed by atoms with Gasteiger partial charge in [-0.1, -0.05) is 0 Å². The van der Waals surface area contributed by atoms with Gasteiger partial charge in [-0.25, -0.2) is 0 Å². The summed E-state index contributed by atoms with van der Waals surface area (Å²) in [6, 6.07) is 0. The Morgan fingerprint density at radius 1 is 1.23 bits per heavy atom. The van der Waals surface area contributed by atoms with Crippen LogP contribution in [0.1, 0.15) is 19.3 Å². The molecule has 3 aliphatic carbocycles. The van der Waals surface area contributed by atoms with Crippen molar-refractivity contribution in [1.29, 1.82) is 0 Å². The molecule has 0 N–H and O–H groups in total. The van der Waals surface area contributed by atoms with Gasteiger partial charge in [0.1, 0.15) is 0 Å². The van der Waals surface area contributed by atoms with Crippen LogP contribution in [0.15, 0.2) is 0 Å². The highest BCUT2D eigenvalue weighted by Crippen LogP contribution is 2.54. The summed E-state index contributed by atoms with van der Waals surface area (Å²) in [6.45, 7) is 0. The summed E-state index contributed by atoms with van der Waals surface area (Å²) in [6.07, 6.45) is 2.63. The van der Waals surface area contributed by atoms with E-state index >= 15 is 0 Å². The van der Waals surface area contributed by atoms with Gasteiger partial charge < -0.3 is 4.74 Å². The predicted octanol–water partition coefficient (Wildman–Crippen LogP) is 0.852. The molecule has 1 saturated heterocycles. The zero-order valence-electron chi connectivity index (χ0n) is 7.02. The van der Waals surface area contributed by atoms with Gasteiger partial charge in [-0.05, 0) is 25.2 Å². The first-order valence-electron chi connectivity index (χ1n) is 4.66. The van der Waals surface area contributed by atoms with E-state index in [1.54, 1.807) is 0 Å². The summed E-state index contributed by atoms with van der Waals surface area (Å²) in [7, 11) is -4.34. The van der Waals surface area contributed by atoms with Gasteiger partial charge in [0, 0.05) is 5.92 Å². The molecule has 4 rings (SSSR count). The second-order valence-corrected chi connectivity index (χ2v) is 5.87. The molecule has 13 heavy (non-hydrogen) atoms. The highest BCUT2D eigenvalue weighted by Gasteiger charge is 2.62. The van der Waals surface area contributed by atoms with Crippen molar-refractivity contribution in [3.05, 3.63) is 0 Å². The van der Waals surface area contributed by atoms with Crippen LogP contribution in [-0.4, -0.2) is 25.9 Å². The highest BCUT2D eigenvalue weighted by molar-refractivity contribution is 7.87. The first kappa shape index (κ1) is 8.17. The van der Waals surface area contributed by atoms with Gasteiger partial charge in [0.05, 0.1) is 17.5 Å². The van der Waals surface area contributed by atoms with Crippen LogP contribution in [0.4, 0.5) is 3.89 Å². The van der Waals surface area contributed by atoms with Crippen molar-refractivity contribution in [2.45, 2.75) is 36.7 Å². The fraction of sp³-hybridized carbons (Fsp3) is 1.00. The normalized spacial score (nSPS) is 53.2. The van der Waals surface area contributed by atoms with E-state index in [-0.39, 0.29) is 18.1 Å². The average molecular weight is 206 g/mol. The Kier molecular flexibility index (Phi) is 1.42. The minimum absolute atomic E-state index is 0.0584. The number of fused-ring (bicyclic) bond motifs is 2. The first-order valence-corrected chi connectivity index (χ1v) is 6.11. The van der Waals surface area contributed by atoms with Crippen LogP contribution in [0.2, 0.25) is 0 Å². The van der Waals surface area contributed by atoms with E-state index < -0.39 is 15.5 Å². The Morgan fingerprint density at radius 2 is 2.00 bits per heavy atom. The molecule has 0 amide bonds. The quantitative estimate of drug-likeness (QED) is 0.472. The molecule has 0 aromatic heterocycles. The molecule has 74 valence electrons. The number of ether oxygens (including phenoxy) is 1. The molecule has 0 aromatic rings. The molecule has 4 fully saturated rings. The zero-order chi connectivity index (χ0) is 9.22. The maximum absolute atomic E-state index is 12.8. The molecule has 0 aromatic carbocycles. The smallest absolute Gasteiger partial charge is 0.305 e. The molecule has 2 bridgehead atoms. The van der Waals surface area contributed by atoms with E-state index in [1.807, 2.05) is 0 Å². The van der Waals surface area contributed by atoms with Crippen LogP contribution in [0, 0.1) is 11.8 Å². The van der Waals surface area contributed by atoms with Crippen LogP contribution in [0.3, 0.4) is 0 Å². The maximum atomic E-state index is 12.8. The molecule has 1 heterocycles. The fourth-order valence-corrected chi connectivity index (χ4v) is 4.23. The number of hydrogen-bond acceptors (Lipinski definition) is 3. The van der Waals surface area contributed by atoms with Gasteiger partial charge in [-0.15, -0.1) is 3.89 Å². The van der Waals surface area contributed by atoms with E-state index in [4.69, 9.17) is 4.74 Å². The van der Waals surface area contributed by atoms with Crippen LogP contribution in [0.25, 0.3) is 0 Å². The lowest BCUT2D eigenvalue weighted by Gasteiger charge is -2.36. The van der Waals surface area contributed by atoms with Crippen molar-refractivity contribution in [2.75, 3.05) is 0 Å². The summed E-state index contributed by atoms with van der Waals surface area (Å²) in [5, 5.41) is -0.769. The van der Waals surface area contributed by atoms with E-state index in [1.165, 1.54) is 0 Å². The van der Waals surface area contributed by atoms with Crippen LogP contribution < -0.4 is 0 Å². The Morgan fingerprint density at radius 3 is 2.62 bits per heavy atom. The molecule has 5 heteroatoms. The Hall–Kier alpha value is -0.160. The fourth-order valence-electron chi connectivity index (χ4n) is 3.04. The lowest BCUT2D eigenvalue weighted by atomic mass is 9.70. The minimum atomic E-state index is -4.34. The SMILES string of the molecule is O=S(=O)(F)[C@@H]1C[C@H]2CC[C@H]1[C@@H]1O[C@H]21. The van der Waals surface area contributed by atoms with E-state index in [0.29, 0.717) is 12.3 Å². The largest absolute Gasteiger partial charge is 0.369 e. The van der Waals surface area contributed by atoms with Gasteiger partial charge in [-0.3, -0.25) is 0 Å². The highest BCUT2D eigenvalue weighted by atomic mass is 32.3. The minimum Gasteiger partial charge on any atom is -0.369 e. The molecule has 4 aliphatic rings. The third kappa shape index (κ3) is 1.06. The molecule has 1 aliphatic heterocycles. The van der Waals surface area contributed by atoms with Gasteiger partial charge >= 0.3 is 10.2 Å². The molecule has 3 saturated carbocycles. The molecule has 3 nitrogen and oxygen atoms in total. The number of epoxide rings is 1. The monoisotopic (exact) mass is 206 g/mol. The number of hydrogen-bond donors (Lipinski definition) is 0. The second-order valence-electron chi connectivity index (χ2n) is 4.32. The summed E-state index contributed by atoms with van der Waals surface area (Å²) in [4.78, 5) is 0. The average Bonchev–Trinajstić information content (AvgIpc) is 2.82. The predicted molar refractivity (Wildman–Crippen MR) is 43.3 cm³/mol. The summed E-state index contributed by atoms with van der Waals surface area (Å²) in [5.41, 5.74) is 0. The third-order valence-electron chi connectivity index (χ3n) is 3.69. The molecule has 0 radical (unpaired) electrons. The van der Waals surface area contributed by atoms with Crippen molar-refractivity contribution < 1.29 is 17.0 Å². The molecular weight excluding hydrogens is 195 g/mol. The van der Waals surface area contributed by atoms with Crippen molar-refractivity contribution in [3.63, 3.8) is 0 Å². The van der Waals surface area contributed by atoms with E-state index in [9.17, 15) is 12.3 Å². The number of rotatable bonds is 1. The lowest BCUT2D eigenvalue weighted by Crippen LogP contribution is -2.44. The van der Waals surface area contributed by atoms with Crippen molar-refractivity contribution in [1.82, 2.24) is 0 Å². The molecule has 0 unspecified atom stereocenters. The second kappa shape index (κ2) is 2.25. The molecule has 0 spiro atoms. The van der Waals surface area contributed by atoms with Crippen LogP contribution in [0.5, 0.6) is 0 Å². The Labute approximate surface area is 76.5 Å². The first-order chi connectivity index (χ1) is 6.07. The van der Waals surface area contributed by atoms with Crippen molar-refractivity contribution >= 4 is 10.2 Å². The van der Waals surface area contributed by atoms with Crippen molar-refractivity contribution in [2.24, 2.45) is 11.8 Å². The topological polar surface area (TPSA) is 46.7 Å². The molecular formula is C8H11FO3S. The van der Waals surface area contributed by atoms with Crippen LogP contribution in [-0.2, 0) is 15.0 Å². The third-order valence-corrected chi connectivity index (χ3v) is 4.96. The number of halogens is 1. The summed E-state index contributed by atoms with van der Waals surface area (Å²) < 4.78 is 39.8. The Bertz CT molecular complexity index is 339. The molecule has 5 atom stereocenters. The van der Waals surface area contributed by atoms with Gasteiger partial charge in [0.15, 0.2) is 0 Å². The standard InChI is InChI=1S/C8H11FO3S/c9-13(10,11)6-3-4-1-2-5(6)8-7(4)12-8/h4-8H,1-3H2/t4-,5-,6-,7-,8+/m1/s1.